The number of allylic oxidation sites excluding steroid dienone is 4. The van der Waals surface area contributed by atoms with Gasteiger partial charge in [0.15, 0.2) is 6.10 Å². The van der Waals surface area contributed by atoms with Crippen LogP contribution in [0.1, 0.15) is 88.4 Å². The van der Waals surface area contributed by atoms with Crippen molar-refractivity contribution >= 4 is 11.8 Å². The van der Waals surface area contributed by atoms with Crippen LogP contribution in [0.3, 0.4) is 0 Å². The molecule has 0 saturated heterocycles. The average Bonchev–Trinajstić information content (AvgIpc) is 3.19. The number of Topliss-reactive ketones (excluding diaryl/α,β-unsaturated/α-hetero) is 1. The Hall–Kier alpha value is -2.98. The average molecular weight is 503 g/mol. The van der Waals surface area contributed by atoms with Crippen LogP contribution >= 0.6 is 0 Å². The van der Waals surface area contributed by atoms with Crippen molar-refractivity contribution < 1.29 is 19.4 Å². The molecule has 3 rings (SSSR count). The molecule has 1 fully saturated rings. The number of benzene rings is 2. The predicted octanol–water partition coefficient (Wildman–Crippen LogP) is 7.53. The van der Waals surface area contributed by atoms with Crippen molar-refractivity contribution in [1.29, 1.82) is 0 Å². The van der Waals surface area contributed by atoms with Crippen LogP contribution < -0.4 is 0 Å². The Morgan fingerprint density at radius 3 is 2.22 bits per heavy atom. The van der Waals surface area contributed by atoms with Crippen molar-refractivity contribution in [2.45, 2.75) is 83.3 Å². The van der Waals surface area contributed by atoms with Gasteiger partial charge in [-0.15, -0.1) is 0 Å². The van der Waals surface area contributed by atoms with Gasteiger partial charge in [-0.25, -0.2) is 0 Å². The van der Waals surface area contributed by atoms with Crippen molar-refractivity contribution in [2.75, 3.05) is 0 Å². The molecule has 3 atom stereocenters. The van der Waals surface area contributed by atoms with Crippen LogP contribution in [-0.2, 0) is 14.3 Å². The van der Waals surface area contributed by atoms with Crippen LogP contribution in [0, 0.1) is 11.8 Å². The van der Waals surface area contributed by atoms with Crippen LogP contribution in [0.15, 0.2) is 85.0 Å². The maximum Gasteiger partial charge on any atom is 0.306 e. The second-order valence-electron chi connectivity index (χ2n) is 10.00. The first kappa shape index (κ1) is 28.6. The molecule has 1 aliphatic carbocycles. The molecule has 0 heterocycles. The van der Waals surface area contributed by atoms with E-state index < -0.39 is 12.2 Å². The summed E-state index contributed by atoms with van der Waals surface area (Å²) < 4.78 is 5.88. The number of aliphatic hydroxyl groups excluding tert-OH is 1. The first-order chi connectivity index (χ1) is 18.1. The van der Waals surface area contributed by atoms with Gasteiger partial charge in [-0.3, -0.25) is 9.59 Å². The largest absolute Gasteiger partial charge is 0.453 e. The number of hydrogen-bond donors (Lipinski definition) is 1. The van der Waals surface area contributed by atoms with Crippen molar-refractivity contribution in [3.8, 4) is 0 Å². The van der Waals surface area contributed by atoms with Gasteiger partial charge in [-0.2, -0.15) is 0 Å². The molecule has 0 bridgehead atoms. The standard InChI is InChI=1S/C33H42O4/c1-2-3-4-5-6-15-22-28-29(31(35)25-30(28)34)23-16-7-8-17-24-32(36)37-33(26-18-11-9-12-19-26)27-20-13-10-14-21-27/h7,9-16,18-22,28-29,31,33,35H,2-6,8,17,23-25H2,1H3/t28-,29-,31+/m1/s1. The number of carbonyl (C=O) groups excluding carboxylic acids is 2. The molecular weight excluding hydrogens is 460 g/mol. The first-order valence-corrected chi connectivity index (χ1v) is 13.9. The molecule has 0 aliphatic heterocycles. The molecule has 1 saturated carbocycles. The fraction of sp³-hybridized carbons (Fsp3) is 0.455. The maximum atomic E-state index is 12.6. The summed E-state index contributed by atoms with van der Waals surface area (Å²) in [5.41, 5.74) is 1.91. The van der Waals surface area contributed by atoms with Crippen molar-refractivity contribution in [1.82, 2.24) is 0 Å². The summed E-state index contributed by atoms with van der Waals surface area (Å²) in [6.07, 6.45) is 15.8. The Morgan fingerprint density at radius 1 is 0.919 bits per heavy atom. The van der Waals surface area contributed by atoms with Gasteiger partial charge in [0.1, 0.15) is 5.78 Å². The van der Waals surface area contributed by atoms with Gasteiger partial charge in [-0.05, 0) is 43.2 Å². The molecular formula is C33H42O4. The quantitative estimate of drug-likeness (QED) is 0.155. The smallest absolute Gasteiger partial charge is 0.306 e. The molecule has 0 aromatic heterocycles. The highest BCUT2D eigenvalue weighted by Gasteiger charge is 2.38. The number of ether oxygens (including phenoxy) is 1. The van der Waals surface area contributed by atoms with E-state index in [-0.39, 0.29) is 30.0 Å². The molecule has 2 aromatic rings. The number of unbranched alkanes of at least 4 members (excludes halogenated alkanes) is 5. The second kappa shape index (κ2) is 16.0. The van der Waals surface area contributed by atoms with Crippen LogP contribution in [0.2, 0.25) is 0 Å². The van der Waals surface area contributed by atoms with Gasteiger partial charge in [0.25, 0.3) is 0 Å². The highest BCUT2D eigenvalue weighted by Crippen LogP contribution is 2.33. The Labute approximate surface area is 222 Å². The minimum Gasteiger partial charge on any atom is -0.453 e. The van der Waals surface area contributed by atoms with Gasteiger partial charge in [0.2, 0.25) is 0 Å². The molecule has 1 aliphatic rings. The molecule has 4 heteroatoms. The third-order valence-corrected chi connectivity index (χ3v) is 7.09. The van der Waals surface area contributed by atoms with E-state index in [0.717, 1.165) is 30.4 Å². The number of aliphatic hydroxyl groups is 1. The molecule has 2 aromatic carbocycles. The lowest BCUT2D eigenvalue weighted by atomic mass is 9.90. The van der Waals surface area contributed by atoms with Crippen molar-refractivity contribution in [2.24, 2.45) is 11.8 Å². The summed E-state index contributed by atoms with van der Waals surface area (Å²) in [6.45, 7) is 2.20. The molecule has 0 spiro atoms. The zero-order valence-corrected chi connectivity index (χ0v) is 22.1. The molecule has 1 N–H and O–H groups in total. The summed E-state index contributed by atoms with van der Waals surface area (Å²) in [5.74, 6) is -0.316. The highest BCUT2D eigenvalue weighted by molar-refractivity contribution is 5.86. The summed E-state index contributed by atoms with van der Waals surface area (Å²) in [7, 11) is 0. The van der Waals surface area contributed by atoms with Crippen LogP contribution in [-0.4, -0.2) is 23.0 Å². The van der Waals surface area contributed by atoms with E-state index in [4.69, 9.17) is 4.74 Å². The monoisotopic (exact) mass is 502 g/mol. The van der Waals surface area contributed by atoms with E-state index in [0.29, 0.717) is 19.3 Å². The Morgan fingerprint density at radius 2 is 1.57 bits per heavy atom. The predicted molar refractivity (Wildman–Crippen MR) is 149 cm³/mol. The van der Waals surface area contributed by atoms with Crippen LogP contribution in [0.5, 0.6) is 0 Å². The minimum absolute atomic E-state index is 0.0573. The molecule has 198 valence electrons. The van der Waals surface area contributed by atoms with E-state index in [1.165, 1.54) is 19.3 Å². The Balaban J connectivity index is 1.43. The third kappa shape index (κ3) is 9.44. The van der Waals surface area contributed by atoms with Gasteiger partial charge < -0.3 is 9.84 Å². The zero-order valence-electron chi connectivity index (χ0n) is 22.1. The lowest BCUT2D eigenvalue weighted by Gasteiger charge is -2.19. The normalized spacial score (nSPS) is 19.9. The van der Waals surface area contributed by atoms with E-state index in [1.54, 1.807) is 0 Å². The van der Waals surface area contributed by atoms with Gasteiger partial charge in [0, 0.05) is 24.7 Å². The maximum absolute atomic E-state index is 12.6. The minimum atomic E-state index is -0.574. The molecule has 0 amide bonds. The van der Waals surface area contributed by atoms with Gasteiger partial charge in [0.05, 0.1) is 6.10 Å². The third-order valence-electron chi connectivity index (χ3n) is 7.09. The Bertz CT molecular complexity index is 956. The number of hydrogen-bond acceptors (Lipinski definition) is 4. The number of carbonyl (C=O) groups is 2. The topological polar surface area (TPSA) is 63.6 Å². The summed E-state index contributed by atoms with van der Waals surface area (Å²) in [5, 5.41) is 10.4. The lowest BCUT2D eigenvalue weighted by Crippen LogP contribution is -2.18. The zero-order chi connectivity index (χ0) is 26.3. The van der Waals surface area contributed by atoms with Crippen LogP contribution in [0.25, 0.3) is 0 Å². The van der Waals surface area contributed by atoms with Crippen LogP contribution in [0.4, 0.5) is 0 Å². The summed E-state index contributed by atoms with van der Waals surface area (Å²) in [4.78, 5) is 25.0. The first-order valence-electron chi connectivity index (χ1n) is 13.9. The number of esters is 1. The number of rotatable bonds is 15. The molecule has 37 heavy (non-hydrogen) atoms. The Kier molecular flexibility index (Phi) is 12.4. The summed E-state index contributed by atoms with van der Waals surface area (Å²) in [6, 6.07) is 19.6. The second-order valence-corrected chi connectivity index (χ2v) is 10.00. The summed E-state index contributed by atoms with van der Waals surface area (Å²) >= 11 is 0. The molecule has 0 radical (unpaired) electrons. The molecule has 4 nitrogen and oxygen atoms in total. The van der Waals surface area contributed by atoms with Crippen molar-refractivity contribution in [3.63, 3.8) is 0 Å². The fourth-order valence-electron chi connectivity index (χ4n) is 4.97. The SMILES string of the molecule is CCCCCCC=C[C@H]1C(=O)C[C@H](O)[C@@H]1CC=CCCCC(=O)OC(c1ccccc1)c1ccccc1. The van der Waals surface area contributed by atoms with Gasteiger partial charge in [-0.1, -0.05) is 111 Å². The van der Waals surface area contributed by atoms with Gasteiger partial charge >= 0.3 is 5.97 Å². The fourth-order valence-corrected chi connectivity index (χ4v) is 4.97. The highest BCUT2D eigenvalue weighted by atomic mass is 16.5. The van der Waals surface area contributed by atoms with Crippen molar-refractivity contribution in [3.05, 3.63) is 96.1 Å². The number of ketones is 1. The van der Waals surface area contributed by atoms with E-state index >= 15 is 0 Å². The van der Waals surface area contributed by atoms with E-state index in [9.17, 15) is 14.7 Å². The van der Waals surface area contributed by atoms with E-state index in [1.807, 2.05) is 66.7 Å². The van der Waals surface area contributed by atoms with E-state index in [2.05, 4.69) is 25.2 Å². The molecule has 0 unspecified atom stereocenters. The lowest BCUT2D eigenvalue weighted by molar-refractivity contribution is -0.147.